The van der Waals surface area contributed by atoms with Gasteiger partial charge < -0.3 is 15.2 Å². The molecule has 2 N–H and O–H groups in total. The van der Waals surface area contributed by atoms with Crippen molar-refractivity contribution in [1.82, 2.24) is 0 Å². The van der Waals surface area contributed by atoms with E-state index in [2.05, 4.69) is 6.92 Å². The van der Waals surface area contributed by atoms with Gasteiger partial charge in [-0.25, -0.2) is 0 Å². The third-order valence-corrected chi connectivity index (χ3v) is 4.04. The summed E-state index contributed by atoms with van der Waals surface area (Å²) < 4.78 is 10.8. The van der Waals surface area contributed by atoms with Gasteiger partial charge >= 0.3 is 0 Å². The number of rotatable bonds is 5. The number of hydrogen-bond donors (Lipinski definition) is 1. The van der Waals surface area contributed by atoms with E-state index in [9.17, 15) is 0 Å². The van der Waals surface area contributed by atoms with Crippen LogP contribution in [0.25, 0.3) is 0 Å². The van der Waals surface area contributed by atoms with Crippen LogP contribution in [0.5, 0.6) is 5.75 Å². The third kappa shape index (κ3) is 2.22. The largest absolute Gasteiger partial charge is 0.496 e. The van der Waals surface area contributed by atoms with Crippen LogP contribution in [0.3, 0.4) is 0 Å². The number of benzene rings is 1. The molecule has 1 atom stereocenters. The Kier molecular flexibility index (Phi) is 3.85. The summed E-state index contributed by atoms with van der Waals surface area (Å²) >= 11 is 6.12. The summed E-state index contributed by atoms with van der Waals surface area (Å²) in [6.07, 6.45) is 2.19. The van der Waals surface area contributed by atoms with Crippen molar-refractivity contribution in [2.45, 2.75) is 37.8 Å². The molecule has 0 radical (unpaired) electrons. The average molecular weight is 270 g/mol. The maximum atomic E-state index is 6.16. The van der Waals surface area contributed by atoms with Crippen LogP contribution in [-0.4, -0.2) is 20.3 Å². The fraction of sp³-hybridized carbons (Fsp3) is 0.571. The van der Waals surface area contributed by atoms with E-state index in [0.717, 1.165) is 24.2 Å². The summed E-state index contributed by atoms with van der Waals surface area (Å²) in [6, 6.07) is 3.91. The van der Waals surface area contributed by atoms with E-state index >= 15 is 0 Å². The number of ether oxygens (including phenoxy) is 2. The Bertz CT molecular complexity index is 442. The Morgan fingerprint density at radius 2 is 2.06 bits per heavy atom. The molecule has 0 spiro atoms. The Labute approximate surface area is 113 Å². The zero-order valence-electron chi connectivity index (χ0n) is 11.1. The van der Waals surface area contributed by atoms with E-state index in [1.807, 2.05) is 12.1 Å². The molecular formula is C14H20ClNO2. The highest BCUT2D eigenvalue weighted by Gasteiger charge is 2.50. The predicted molar refractivity (Wildman–Crippen MR) is 73.3 cm³/mol. The molecule has 1 fully saturated rings. The molecule has 0 heterocycles. The van der Waals surface area contributed by atoms with Gasteiger partial charge in [-0.15, -0.1) is 0 Å². The topological polar surface area (TPSA) is 44.5 Å². The van der Waals surface area contributed by atoms with Crippen LogP contribution in [0.1, 0.15) is 30.9 Å². The van der Waals surface area contributed by atoms with Gasteiger partial charge in [-0.2, -0.15) is 0 Å². The van der Waals surface area contributed by atoms with Gasteiger partial charge in [0.25, 0.3) is 0 Å². The first-order valence-corrected chi connectivity index (χ1v) is 6.54. The quantitative estimate of drug-likeness (QED) is 0.894. The standard InChI is InChI=1S/C14H20ClNO2/c1-9(16)14(4-5-14)13-10(8-17-2)6-11(15)7-12(13)18-3/h6-7,9H,4-5,8,16H2,1-3H3. The Morgan fingerprint density at radius 1 is 1.39 bits per heavy atom. The van der Waals surface area contributed by atoms with E-state index in [4.69, 9.17) is 26.8 Å². The molecular weight excluding hydrogens is 250 g/mol. The number of halogens is 1. The summed E-state index contributed by atoms with van der Waals surface area (Å²) in [7, 11) is 3.35. The molecule has 1 aliphatic carbocycles. The zero-order valence-corrected chi connectivity index (χ0v) is 11.9. The molecule has 1 saturated carbocycles. The highest BCUT2D eigenvalue weighted by atomic mass is 35.5. The van der Waals surface area contributed by atoms with Crippen molar-refractivity contribution >= 4 is 11.6 Å². The molecule has 0 aliphatic heterocycles. The number of methoxy groups -OCH3 is 2. The van der Waals surface area contributed by atoms with Crippen molar-refractivity contribution in [3.63, 3.8) is 0 Å². The van der Waals surface area contributed by atoms with Crippen LogP contribution in [0, 0.1) is 0 Å². The fourth-order valence-electron chi connectivity index (χ4n) is 2.70. The van der Waals surface area contributed by atoms with Gasteiger partial charge in [-0.1, -0.05) is 11.6 Å². The van der Waals surface area contributed by atoms with E-state index in [0.29, 0.717) is 11.6 Å². The van der Waals surface area contributed by atoms with Gasteiger partial charge in [-0.3, -0.25) is 0 Å². The van der Waals surface area contributed by atoms with Crippen molar-refractivity contribution in [1.29, 1.82) is 0 Å². The second kappa shape index (κ2) is 5.08. The predicted octanol–water partition coefficient (Wildman–Crippen LogP) is 2.87. The molecule has 100 valence electrons. The van der Waals surface area contributed by atoms with Crippen LogP contribution < -0.4 is 10.5 Å². The molecule has 2 rings (SSSR count). The van der Waals surface area contributed by atoms with E-state index in [1.54, 1.807) is 14.2 Å². The highest BCUT2D eigenvalue weighted by molar-refractivity contribution is 6.30. The molecule has 4 heteroatoms. The fourth-order valence-corrected chi connectivity index (χ4v) is 2.93. The van der Waals surface area contributed by atoms with Crippen LogP contribution in [0.4, 0.5) is 0 Å². The Morgan fingerprint density at radius 3 is 2.50 bits per heavy atom. The molecule has 1 aliphatic rings. The number of nitrogens with two attached hydrogens (primary N) is 1. The van der Waals surface area contributed by atoms with E-state index in [-0.39, 0.29) is 11.5 Å². The lowest BCUT2D eigenvalue weighted by atomic mass is 9.85. The first kappa shape index (κ1) is 13.7. The smallest absolute Gasteiger partial charge is 0.124 e. The third-order valence-electron chi connectivity index (χ3n) is 3.83. The SMILES string of the molecule is COCc1cc(Cl)cc(OC)c1C1(C(C)N)CC1. The normalized spacial score (nSPS) is 18.5. The summed E-state index contributed by atoms with van der Waals surface area (Å²) in [4.78, 5) is 0. The minimum absolute atomic E-state index is 0.0315. The molecule has 0 saturated heterocycles. The van der Waals surface area contributed by atoms with Gasteiger partial charge in [0.05, 0.1) is 13.7 Å². The monoisotopic (exact) mass is 269 g/mol. The maximum absolute atomic E-state index is 6.16. The van der Waals surface area contributed by atoms with Crippen LogP contribution in [0.2, 0.25) is 5.02 Å². The van der Waals surface area contributed by atoms with Crippen molar-refractivity contribution in [2.24, 2.45) is 5.73 Å². The van der Waals surface area contributed by atoms with Crippen LogP contribution in [-0.2, 0) is 16.8 Å². The summed E-state index contributed by atoms with van der Waals surface area (Å²) in [5, 5.41) is 0.670. The van der Waals surface area contributed by atoms with Crippen molar-refractivity contribution < 1.29 is 9.47 Å². The Hall–Kier alpha value is -0.770. The van der Waals surface area contributed by atoms with Gasteiger partial charge in [-0.05, 0) is 37.5 Å². The average Bonchev–Trinajstić information content (AvgIpc) is 3.09. The molecule has 1 aromatic carbocycles. The molecule has 1 unspecified atom stereocenters. The van der Waals surface area contributed by atoms with Crippen molar-refractivity contribution in [2.75, 3.05) is 14.2 Å². The molecule has 18 heavy (non-hydrogen) atoms. The van der Waals surface area contributed by atoms with Gasteiger partial charge in [0.15, 0.2) is 0 Å². The van der Waals surface area contributed by atoms with Crippen LogP contribution in [0.15, 0.2) is 12.1 Å². The van der Waals surface area contributed by atoms with Crippen molar-refractivity contribution in [3.8, 4) is 5.75 Å². The van der Waals surface area contributed by atoms with E-state index in [1.165, 1.54) is 5.56 Å². The second-order valence-electron chi connectivity index (χ2n) is 5.02. The summed E-state index contributed by atoms with van der Waals surface area (Å²) in [6.45, 7) is 2.58. The summed E-state index contributed by atoms with van der Waals surface area (Å²) in [5.74, 6) is 0.823. The Balaban J connectivity index is 2.56. The van der Waals surface area contributed by atoms with Gasteiger partial charge in [0.1, 0.15) is 5.75 Å². The van der Waals surface area contributed by atoms with Crippen LogP contribution >= 0.6 is 11.6 Å². The highest BCUT2D eigenvalue weighted by Crippen LogP contribution is 2.55. The van der Waals surface area contributed by atoms with Gasteiger partial charge in [0.2, 0.25) is 0 Å². The molecule has 0 bridgehead atoms. The lowest BCUT2D eigenvalue weighted by Gasteiger charge is -2.25. The van der Waals surface area contributed by atoms with E-state index < -0.39 is 0 Å². The minimum Gasteiger partial charge on any atom is -0.496 e. The summed E-state index contributed by atoms with van der Waals surface area (Å²) in [5.41, 5.74) is 8.45. The number of hydrogen-bond acceptors (Lipinski definition) is 3. The molecule has 0 aromatic heterocycles. The molecule has 1 aromatic rings. The minimum atomic E-state index is 0.0315. The molecule has 0 amide bonds. The lowest BCUT2D eigenvalue weighted by Crippen LogP contribution is -2.33. The lowest BCUT2D eigenvalue weighted by molar-refractivity contribution is 0.183. The zero-order chi connectivity index (χ0) is 13.3. The maximum Gasteiger partial charge on any atom is 0.124 e. The first-order chi connectivity index (χ1) is 8.55. The second-order valence-corrected chi connectivity index (χ2v) is 5.46. The molecule has 3 nitrogen and oxygen atoms in total. The van der Waals surface area contributed by atoms with Crippen molar-refractivity contribution in [3.05, 3.63) is 28.3 Å². The van der Waals surface area contributed by atoms with Gasteiger partial charge in [0, 0.05) is 29.2 Å². The first-order valence-electron chi connectivity index (χ1n) is 6.16.